The number of rotatable bonds is 26. The highest BCUT2D eigenvalue weighted by molar-refractivity contribution is 4.55. The standard InChI is InChI=1S/C9H21NO3.C8H19NO4.C7H16O3.CH4/c1-2-8-13-9-5-10(3-6-11)4-7-12;10-3-7-12-5-1-9-2-6-13-8-4-11;8-4-2-1-3-6-10-7-5-9;/h11-12H,2-9H2,1H3;9-11H,1-8H2;8-9H,1-7H2;1H4. The smallest absolute Gasteiger partial charge is 0.0698 e. The first-order valence-corrected chi connectivity index (χ1v) is 13.1. The molecule has 37 heavy (non-hydrogen) atoms. The van der Waals surface area contributed by atoms with Crippen LogP contribution in [0, 0.1) is 0 Å². The van der Waals surface area contributed by atoms with Crippen molar-refractivity contribution in [3.05, 3.63) is 0 Å². The summed E-state index contributed by atoms with van der Waals surface area (Å²) in [6.07, 6.45) is 3.85. The van der Waals surface area contributed by atoms with Crippen molar-refractivity contribution in [2.45, 2.75) is 40.0 Å². The molecule has 7 N–H and O–H groups in total. The van der Waals surface area contributed by atoms with Crippen molar-refractivity contribution >= 4 is 0 Å². The third-order valence-corrected chi connectivity index (χ3v) is 4.23. The molecule has 0 aromatic rings. The van der Waals surface area contributed by atoms with E-state index in [-0.39, 0.29) is 47.1 Å². The molecule has 0 amide bonds. The molecule has 0 bridgehead atoms. The molecule has 0 unspecified atom stereocenters. The minimum atomic E-state index is 0. The van der Waals surface area contributed by atoms with Crippen molar-refractivity contribution in [2.75, 3.05) is 125 Å². The van der Waals surface area contributed by atoms with Crippen LogP contribution >= 0.6 is 0 Å². The predicted octanol–water partition coefficient (Wildman–Crippen LogP) is -0.913. The summed E-state index contributed by atoms with van der Waals surface area (Å²) in [6, 6.07) is 0. The molecule has 0 fully saturated rings. The molecule has 0 heterocycles. The Morgan fingerprint density at radius 2 is 0.973 bits per heavy atom. The zero-order valence-corrected chi connectivity index (χ0v) is 22.5. The molecule has 0 saturated heterocycles. The SMILES string of the molecule is C.CCCOCCN(CCO)CCO.OCCCCCOCCO.OCCOCCNCCOCCO. The van der Waals surface area contributed by atoms with Gasteiger partial charge in [0.25, 0.3) is 0 Å². The van der Waals surface area contributed by atoms with Crippen LogP contribution in [0.1, 0.15) is 40.0 Å². The lowest BCUT2D eigenvalue weighted by Gasteiger charge is -2.19. The molecule has 0 saturated carbocycles. The molecule has 0 aliphatic rings. The van der Waals surface area contributed by atoms with Crippen molar-refractivity contribution in [3.63, 3.8) is 0 Å². The van der Waals surface area contributed by atoms with Gasteiger partial charge in [-0.3, -0.25) is 4.90 Å². The summed E-state index contributed by atoms with van der Waals surface area (Å²) in [6.45, 7) is 10.9. The second-order valence-electron chi connectivity index (χ2n) is 7.44. The van der Waals surface area contributed by atoms with E-state index in [1.165, 1.54) is 0 Å². The number of aliphatic hydroxyl groups excluding tert-OH is 6. The highest BCUT2D eigenvalue weighted by Gasteiger charge is 2.02. The van der Waals surface area contributed by atoms with Gasteiger partial charge in [0.05, 0.1) is 72.7 Å². The Morgan fingerprint density at radius 1 is 0.486 bits per heavy atom. The summed E-state index contributed by atoms with van der Waals surface area (Å²) in [4.78, 5) is 1.98. The highest BCUT2D eigenvalue weighted by atomic mass is 16.5. The molecule has 0 aliphatic heterocycles. The highest BCUT2D eigenvalue weighted by Crippen LogP contribution is 1.93. The number of hydrogen-bond donors (Lipinski definition) is 7. The van der Waals surface area contributed by atoms with Crippen molar-refractivity contribution in [1.29, 1.82) is 0 Å². The summed E-state index contributed by atoms with van der Waals surface area (Å²) in [5.74, 6) is 0. The van der Waals surface area contributed by atoms with Crippen LogP contribution in [0.4, 0.5) is 0 Å². The maximum absolute atomic E-state index is 8.70. The second kappa shape index (κ2) is 45.4. The van der Waals surface area contributed by atoms with Crippen LogP contribution in [0.3, 0.4) is 0 Å². The molecule has 0 spiro atoms. The van der Waals surface area contributed by atoms with Crippen LogP contribution < -0.4 is 5.32 Å². The van der Waals surface area contributed by atoms with E-state index in [0.717, 1.165) is 51.9 Å². The van der Waals surface area contributed by atoms with Gasteiger partial charge in [0.1, 0.15) is 0 Å². The lowest BCUT2D eigenvalue weighted by atomic mass is 10.2. The fourth-order valence-corrected chi connectivity index (χ4v) is 2.46. The lowest BCUT2D eigenvalue weighted by molar-refractivity contribution is 0.0835. The molecule has 12 nitrogen and oxygen atoms in total. The van der Waals surface area contributed by atoms with Crippen LogP contribution in [0.25, 0.3) is 0 Å². The van der Waals surface area contributed by atoms with E-state index < -0.39 is 0 Å². The number of aliphatic hydroxyl groups is 6. The molecule has 0 aromatic carbocycles. The van der Waals surface area contributed by atoms with E-state index in [0.29, 0.717) is 59.3 Å². The number of nitrogens with zero attached hydrogens (tertiary/aromatic N) is 1. The van der Waals surface area contributed by atoms with E-state index in [4.69, 9.17) is 49.6 Å². The average molecular weight is 549 g/mol. The van der Waals surface area contributed by atoms with E-state index in [2.05, 4.69) is 12.2 Å². The largest absolute Gasteiger partial charge is 0.396 e. The summed E-state index contributed by atoms with van der Waals surface area (Å²) < 4.78 is 20.3. The first-order valence-electron chi connectivity index (χ1n) is 13.1. The fraction of sp³-hybridized carbons (Fsp3) is 1.00. The molecule has 12 heteroatoms. The van der Waals surface area contributed by atoms with Gasteiger partial charge in [0.15, 0.2) is 0 Å². The maximum Gasteiger partial charge on any atom is 0.0698 e. The number of nitrogens with one attached hydrogen (secondary N) is 1. The summed E-state index contributed by atoms with van der Waals surface area (Å²) in [5.41, 5.74) is 0. The summed E-state index contributed by atoms with van der Waals surface area (Å²) in [7, 11) is 0. The Morgan fingerprint density at radius 3 is 1.41 bits per heavy atom. The second-order valence-corrected chi connectivity index (χ2v) is 7.44. The first-order chi connectivity index (χ1) is 17.7. The van der Waals surface area contributed by atoms with Crippen molar-refractivity contribution in [1.82, 2.24) is 10.2 Å². The van der Waals surface area contributed by atoms with E-state index in [1.807, 2.05) is 4.90 Å². The Hall–Kier alpha value is -0.480. The third-order valence-electron chi connectivity index (χ3n) is 4.23. The van der Waals surface area contributed by atoms with Crippen molar-refractivity contribution in [2.24, 2.45) is 0 Å². The van der Waals surface area contributed by atoms with Gasteiger partial charge in [-0.2, -0.15) is 0 Å². The maximum atomic E-state index is 8.70. The molecular formula is C25H60N2O10. The minimum absolute atomic E-state index is 0. The number of ether oxygens (including phenoxy) is 4. The van der Waals surface area contributed by atoms with Crippen LogP contribution in [-0.2, 0) is 18.9 Å². The van der Waals surface area contributed by atoms with Gasteiger partial charge >= 0.3 is 0 Å². The summed E-state index contributed by atoms with van der Waals surface area (Å²) in [5, 5.41) is 53.9. The van der Waals surface area contributed by atoms with Crippen LogP contribution in [-0.4, -0.2) is 161 Å². The molecule has 0 aromatic heterocycles. The quantitative estimate of drug-likeness (QED) is 0.0664. The summed E-state index contributed by atoms with van der Waals surface area (Å²) >= 11 is 0. The monoisotopic (exact) mass is 548 g/mol. The number of unbranched alkanes of at least 4 members (excludes halogenated alkanes) is 2. The zero-order chi connectivity index (χ0) is 27.4. The van der Waals surface area contributed by atoms with Gasteiger partial charge in [0, 0.05) is 52.5 Å². The van der Waals surface area contributed by atoms with Crippen LogP contribution in [0.15, 0.2) is 0 Å². The fourth-order valence-electron chi connectivity index (χ4n) is 2.46. The average Bonchev–Trinajstić information content (AvgIpc) is 2.89. The van der Waals surface area contributed by atoms with Crippen LogP contribution in [0.2, 0.25) is 0 Å². The Bertz CT molecular complexity index is 325. The molecular weight excluding hydrogens is 488 g/mol. The zero-order valence-electron chi connectivity index (χ0n) is 22.5. The lowest BCUT2D eigenvalue weighted by Crippen LogP contribution is -2.33. The first kappa shape index (κ1) is 43.6. The number of hydrogen-bond acceptors (Lipinski definition) is 12. The van der Waals surface area contributed by atoms with Gasteiger partial charge in [-0.15, -0.1) is 0 Å². The Balaban J connectivity index is -0.000000220. The molecule has 0 rings (SSSR count). The van der Waals surface area contributed by atoms with Gasteiger partial charge in [-0.1, -0.05) is 14.4 Å². The van der Waals surface area contributed by atoms with Gasteiger partial charge in [-0.25, -0.2) is 0 Å². The third kappa shape index (κ3) is 49.1. The molecule has 0 radical (unpaired) electrons. The normalized spacial score (nSPS) is 10.4. The van der Waals surface area contributed by atoms with Crippen molar-refractivity contribution < 1.29 is 49.6 Å². The molecule has 0 atom stereocenters. The predicted molar refractivity (Wildman–Crippen MR) is 146 cm³/mol. The van der Waals surface area contributed by atoms with E-state index in [9.17, 15) is 0 Å². The van der Waals surface area contributed by atoms with Gasteiger partial charge in [0.2, 0.25) is 0 Å². The van der Waals surface area contributed by atoms with E-state index in [1.54, 1.807) is 0 Å². The molecule has 230 valence electrons. The minimum Gasteiger partial charge on any atom is -0.396 e. The Labute approximate surface area is 225 Å². The van der Waals surface area contributed by atoms with Gasteiger partial charge < -0.3 is 54.9 Å². The van der Waals surface area contributed by atoms with Crippen molar-refractivity contribution in [3.8, 4) is 0 Å². The van der Waals surface area contributed by atoms with Gasteiger partial charge in [-0.05, 0) is 25.7 Å². The topological polar surface area (TPSA) is 174 Å². The molecule has 0 aliphatic carbocycles. The van der Waals surface area contributed by atoms with E-state index >= 15 is 0 Å². The van der Waals surface area contributed by atoms with Crippen LogP contribution in [0.5, 0.6) is 0 Å². The Kier molecular flexibility index (Phi) is 53.5.